The first kappa shape index (κ1) is 24.8. The van der Waals surface area contributed by atoms with Gasteiger partial charge in [0.1, 0.15) is 11.5 Å². The fourth-order valence-corrected chi connectivity index (χ4v) is 4.10. The van der Waals surface area contributed by atoms with Crippen molar-refractivity contribution in [3.8, 4) is 22.6 Å². The summed E-state index contributed by atoms with van der Waals surface area (Å²) < 4.78 is 5.46. The number of nitrogens with zero attached hydrogens (tertiary/aromatic N) is 1. The van der Waals surface area contributed by atoms with E-state index in [0.29, 0.717) is 22.0 Å². The van der Waals surface area contributed by atoms with E-state index in [1.165, 1.54) is 18.1 Å². The molecule has 0 radical (unpaired) electrons. The van der Waals surface area contributed by atoms with Crippen molar-refractivity contribution in [2.45, 2.75) is 6.92 Å². The standard InChI is InChI=1S/C29H25ClN2O4/c1-18-9-12-22(19-7-5-4-6-8-19)24(15-18)28(34)31-21-11-13-23(27(17-21)36-3)29(35)32(2)25-14-10-20(30)16-26(25)33/h4-17,33H,1-3H3,(H,31,34). The van der Waals surface area contributed by atoms with Crippen LogP contribution in [0.25, 0.3) is 11.1 Å². The van der Waals surface area contributed by atoms with Gasteiger partial charge >= 0.3 is 0 Å². The van der Waals surface area contributed by atoms with Crippen LogP contribution in [0.2, 0.25) is 5.02 Å². The Morgan fingerprint density at radius 1 is 0.917 bits per heavy atom. The summed E-state index contributed by atoms with van der Waals surface area (Å²) in [6, 6.07) is 24.8. The fraction of sp³-hybridized carbons (Fsp3) is 0.103. The molecule has 4 aromatic carbocycles. The van der Waals surface area contributed by atoms with Gasteiger partial charge in [0.05, 0.1) is 18.4 Å². The number of aromatic hydroxyl groups is 1. The minimum absolute atomic E-state index is 0.117. The first-order valence-corrected chi connectivity index (χ1v) is 11.6. The van der Waals surface area contributed by atoms with Crippen LogP contribution in [0.3, 0.4) is 0 Å². The highest BCUT2D eigenvalue weighted by Crippen LogP contribution is 2.33. The molecule has 0 aliphatic carbocycles. The summed E-state index contributed by atoms with van der Waals surface area (Å²) in [5.74, 6) is -0.506. The van der Waals surface area contributed by atoms with Crippen LogP contribution in [0.5, 0.6) is 11.5 Å². The van der Waals surface area contributed by atoms with E-state index in [9.17, 15) is 14.7 Å². The van der Waals surface area contributed by atoms with Gasteiger partial charge in [-0.3, -0.25) is 9.59 Å². The maximum atomic E-state index is 13.3. The van der Waals surface area contributed by atoms with Crippen molar-refractivity contribution >= 4 is 34.8 Å². The lowest BCUT2D eigenvalue weighted by molar-refractivity contribution is 0.0988. The molecule has 0 bridgehead atoms. The second kappa shape index (κ2) is 10.5. The van der Waals surface area contributed by atoms with Crippen LogP contribution in [-0.2, 0) is 0 Å². The quantitative estimate of drug-likeness (QED) is 0.314. The van der Waals surface area contributed by atoms with Crippen LogP contribution >= 0.6 is 11.6 Å². The van der Waals surface area contributed by atoms with Crippen LogP contribution in [-0.4, -0.2) is 31.1 Å². The average molecular weight is 501 g/mol. The molecule has 0 fully saturated rings. The van der Waals surface area contributed by atoms with Gasteiger partial charge in [-0.15, -0.1) is 0 Å². The highest BCUT2D eigenvalue weighted by Gasteiger charge is 2.21. The number of rotatable bonds is 6. The van der Waals surface area contributed by atoms with E-state index in [0.717, 1.165) is 16.7 Å². The van der Waals surface area contributed by atoms with Crippen LogP contribution in [0.15, 0.2) is 84.9 Å². The van der Waals surface area contributed by atoms with Gasteiger partial charge in [-0.2, -0.15) is 0 Å². The molecule has 0 unspecified atom stereocenters. The predicted octanol–water partition coefficient (Wildman–Crippen LogP) is 6.56. The Hall–Kier alpha value is -4.29. The van der Waals surface area contributed by atoms with Gasteiger partial charge < -0.3 is 20.1 Å². The number of amides is 2. The zero-order valence-corrected chi connectivity index (χ0v) is 20.8. The second-order valence-corrected chi connectivity index (χ2v) is 8.72. The van der Waals surface area contributed by atoms with Crippen LogP contribution in [0.4, 0.5) is 11.4 Å². The zero-order valence-electron chi connectivity index (χ0n) is 20.1. The van der Waals surface area contributed by atoms with E-state index in [2.05, 4.69) is 5.32 Å². The summed E-state index contributed by atoms with van der Waals surface area (Å²) >= 11 is 5.90. The number of hydrogen-bond acceptors (Lipinski definition) is 4. The largest absolute Gasteiger partial charge is 0.506 e. The lowest BCUT2D eigenvalue weighted by Crippen LogP contribution is -2.26. The van der Waals surface area contributed by atoms with E-state index in [1.807, 2.05) is 55.5 Å². The minimum Gasteiger partial charge on any atom is -0.506 e. The van der Waals surface area contributed by atoms with Crippen LogP contribution < -0.4 is 15.0 Å². The molecule has 2 amide bonds. The normalized spacial score (nSPS) is 10.6. The van der Waals surface area contributed by atoms with Gasteiger partial charge in [0.25, 0.3) is 11.8 Å². The maximum absolute atomic E-state index is 13.3. The number of anilines is 2. The smallest absolute Gasteiger partial charge is 0.261 e. The van der Waals surface area contributed by atoms with Crippen LogP contribution in [0.1, 0.15) is 26.3 Å². The van der Waals surface area contributed by atoms with E-state index < -0.39 is 5.91 Å². The fourth-order valence-electron chi connectivity index (χ4n) is 3.93. The number of ether oxygens (including phenoxy) is 1. The molecule has 0 saturated heterocycles. The second-order valence-electron chi connectivity index (χ2n) is 8.28. The van der Waals surface area contributed by atoms with Gasteiger partial charge in [0, 0.05) is 35.5 Å². The third-order valence-corrected chi connectivity index (χ3v) is 6.03. The SMILES string of the molecule is COc1cc(NC(=O)c2cc(C)ccc2-c2ccccc2)ccc1C(=O)N(C)c1ccc(Cl)cc1O. The number of methoxy groups -OCH3 is 1. The summed E-state index contributed by atoms with van der Waals surface area (Å²) in [6.45, 7) is 1.93. The number of benzene rings is 4. The topological polar surface area (TPSA) is 78.9 Å². The third kappa shape index (κ3) is 5.19. The molecule has 0 heterocycles. The zero-order chi connectivity index (χ0) is 25.8. The van der Waals surface area contributed by atoms with Crippen molar-refractivity contribution in [3.63, 3.8) is 0 Å². The molecule has 2 N–H and O–H groups in total. The Labute approximate surface area is 214 Å². The summed E-state index contributed by atoms with van der Waals surface area (Å²) in [6.07, 6.45) is 0. The van der Waals surface area contributed by atoms with Gasteiger partial charge in [-0.05, 0) is 48.4 Å². The third-order valence-electron chi connectivity index (χ3n) is 5.80. The number of hydrogen-bond donors (Lipinski definition) is 2. The first-order valence-electron chi connectivity index (χ1n) is 11.2. The number of halogens is 1. The molecule has 182 valence electrons. The Balaban J connectivity index is 1.61. The predicted molar refractivity (Wildman–Crippen MR) is 143 cm³/mol. The van der Waals surface area contributed by atoms with E-state index in [-0.39, 0.29) is 23.0 Å². The number of nitrogens with one attached hydrogen (secondary N) is 1. The summed E-state index contributed by atoms with van der Waals surface area (Å²) in [7, 11) is 2.99. The summed E-state index contributed by atoms with van der Waals surface area (Å²) in [5.41, 5.74) is 4.32. The minimum atomic E-state index is -0.396. The van der Waals surface area contributed by atoms with E-state index in [4.69, 9.17) is 16.3 Å². The highest BCUT2D eigenvalue weighted by atomic mass is 35.5. The molecule has 4 rings (SSSR count). The Morgan fingerprint density at radius 3 is 2.36 bits per heavy atom. The molecule has 0 saturated carbocycles. The first-order chi connectivity index (χ1) is 17.3. The van der Waals surface area contributed by atoms with Crippen molar-refractivity contribution in [2.24, 2.45) is 0 Å². The molecule has 6 nitrogen and oxygen atoms in total. The molecule has 0 spiro atoms. The molecular formula is C29H25ClN2O4. The number of phenols is 1. The number of carbonyl (C=O) groups is 2. The van der Waals surface area contributed by atoms with Crippen molar-refractivity contribution in [1.29, 1.82) is 0 Å². The molecule has 0 aliphatic rings. The lowest BCUT2D eigenvalue weighted by Gasteiger charge is -2.20. The van der Waals surface area contributed by atoms with Crippen molar-refractivity contribution < 1.29 is 19.4 Å². The highest BCUT2D eigenvalue weighted by molar-refractivity contribution is 6.30. The van der Waals surface area contributed by atoms with Gasteiger partial charge in [0.2, 0.25) is 0 Å². The maximum Gasteiger partial charge on any atom is 0.261 e. The van der Waals surface area contributed by atoms with E-state index in [1.54, 1.807) is 37.4 Å². The van der Waals surface area contributed by atoms with Crippen molar-refractivity contribution in [3.05, 3.63) is 107 Å². The summed E-state index contributed by atoms with van der Waals surface area (Å²) in [4.78, 5) is 27.7. The molecule has 0 aromatic heterocycles. The Morgan fingerprint density at radius 2 is 1.67 bits per heavy atom. The van der Waals surface area contributed by atoms with Crippen molar-refractivity contribution in [1.82, 2.24) is 0 Å². The number of phenolic OH excluding ortho intramolecular Hbond substituents is 1. The number of aryl methyl sites for hydroxylation is 1. The Bertz CT molecular complexity index is 1440. The average Bonchev–Trinajstić information content (AvgIpc) is 2.88. The lowest BCUT2D eigenvalue weighted by atomic mass is 9.97. The van der Waals surface area contributed by atoms with Gasteiger partial charge in [-0.25, -0.2) is 0 Å². The monoisotopic (exact) mass is 500 g/mol. The molecule has 36 heavy (non-hydrogen) atoms. The summed E-state index contributed by atoms with van der Waals surface area (Å²) in [5, 5.41) is 13.5. The van der Waals surface area contributed by atoms with Crippen LogP contribution in [0, 0.1) is 6.92 Å². The molecular weight excluding hydrogens is 476 g/mol. The molecule has 0 atom stereocenters. The molecule has 4 aromatic rings. The molecule has 0 aliphatic heterocycles. The van der Waals surface area contributed by atoms with Gasteiger partial charge in [0.15, 0.2) is 0 Å². The van der Waals surface area contributed by atoms with E-state index >= 15 is 0 Å². The van der Waals surface area contributed by atoms with Crippen molar-refractivity contribution in [2.75, 3.05) is 24.4 Å². The van der Waals surface area contributed by atoms with Gasteiger partial charge in [-0.1, -0.05) is 59.6 Å². The molecule has 7 heteroatoms. The Kier molecular flexibility index (Phi) is 7.27. The number of carbonyl (C=O) groups excluding carboxylic acids is 2.